The second-order valence-electron chi connectivity index (χ2n) is 2.46. The summed E-state index contributed by atoms with van der Waals surface area (Å²) in [4.78, 5) is 15.2. The third-order valence-corrected chi connectivity index (χ3v) is 3.06. The molecule has 0 spiro atoms. The van der Waals surface area contributed by atoms with E-state index >= 15 is 0 Å². The number of hydrogen-bond acceptors (Lipinski definition) is 6. The van der Waals surface area contributed by atoms with E-state index in [-0.39, 0.29) is 5.97 Å². The first kappa shape index (κ1) is 11.5. The highest BCUT2D eigenvalue weighted by molar-refractivity contribution is 7.99. The molecule has 1 rings (SSSR count). The summed E-state index contributed by atoms with van der Waals surface area (Å²) in [6, 6.07) is 0. The van der Waals surface area contributed by atoms with E-state index in [1.807, 2.05) is 5.38 Å². The van der Waals surface area contributed by atoms with Crippen LogP contribution in [0.4, 0.5) is 0 Å². The fraction of sp³-hybridized carbons (Fsp3) is 0.500. The van der Waals surface area contributed by atoms with E-state index in [0.29, 0.717) is 12.4 Å². The molecular weight excluding hydrogens is 220 g/mol. The molecule has 14 heavy (non-hydrogen) atoms. The maximum atomic E-state index is 11.1. The van der Waals surface area contributed by atoms with Crippen molar-refractivity contribution >= 4 is 29.1 Å². The highest BCUT2D eigenvalue weighted by Crippen LogP contribution is 2.15. The Labute approximate surface area is 90.9 Å². The molecule has 0 saturated heterocycles. The average molecular weight is 232 g/mol. The lowest BCUT2D eigenvalue weighted by Gasteiger charge is -2.08. The van der Waals surface area contributed by atoms with Gasteiger partial charge in [0.05, 0.1) is 17.8 Å². The Morgan fingerprint density at radius 2 is 2.64 bits per heavy atom. The van der Waals surface area contributed by atoms with Crippen molar-refractivity contribution in [3.8, 4) is 0 Å². The summed E-state index contributed by atoms with van der Waals surface area (Å²) in [5, 5.41) is 1.32. The molecule has 1 heterocycles. The number of aromatic nitrogens is 1. The van der Waals surface area contributed by atoms with Gasteiger partial charge in [-0.15, -0.1) is 23.1 Å². The zero-order valence-corrected chi connectivity index (χ0v) is 9.44. The molecule has 0 aliphatic rings. The van der Waals surface area contributed by atoms with Gasteiger partial charge in [0.25, 0.3) is 0 Å². The molecule has 0 aliphatic carbocycles. The first-order valence-corrected chi connectivity index (χ1v) is 6.14. The summed E-state index contributed by atoms with van der Waals surface area (Å²) in [6.45, 7) is 2.12. The smallest absolute Gasteiger partial charge is 0.333 e. The summed E-state index contributed by atoms with van der Waals surface area (Å²) in [5.74, 6) is 0.274. The minimum absolute atomic E-state index is 0.365. The molecule has 78 valence electrons. The number of hydrogen-bond donors (Lipinski definition) is 1. The lowest BCUT2D eigenvalue weighted by Crippen LogP contribution is -2.29. The maximum Gasteiger partial charge on any atom is 0.333 e. The van der Waals surface area contributed by atoms with Crippen LogP contribution in [0.1, 0.15) is 12.6 Å². The molecule has 6 heteroatoms. The number of carbonyl (C=O) groups excluding carboxylic acids is 1. The Morgan fingerprint density at radius 1 is 1.86 bits per heavy atom. The topological polar surface area (TPSA) is 65.2 Å². The molecule has 0 amide bonds. The Bertz CT molecular complexity index is 277. The van der Waals surface area contributed by atoms with Gasteiger partial charge < -0.3 is 10.5 Å². The standard InChI is InChI=1S/C8H12N2O2S2/c1-2-12-8(11)7(9)14-4-6-3-13-5-10-6/h3,5,7H,2,4,9H2,1H3. The average Bonchev–Trinajstić information content (AvgIpc) is 2.67. The van der Waals surface area contributed by atoms with E-state index in [1.165, 1.54) is 23.1 Å². The van der Waals surface area contributed by atoms with Gasteiger partial charge in [0.15, 0.2) is 5.37 Å². The minimum Gasteiger partial charge on any atom is -0.464 e. The zero-order valence-electron chi connectivity index (χ0n) is 7.80. The van der Waals surface area contributed by atoms with Crippen molar-refractivity contribution in [2.24, 2.45) is 5.73 Å². The molecule has 0 aliphatic heterocycles. The number of nitrogens with two attached hydrogens (primary N) is 1. The van der Waals surface area contributed by atoms with Crippen LogP contribution in [-0.4, -0.2) is 22.9 Å². The lowest BCUT2D eigenvalue weighted by molar-refractivity contribution is -0.142. The summed E-state index contributed by atoms with van der Waals surface area (Å²) < 4.78 is 4.77. The number of thiazole rings is 1. The minimum atomic E-state index is -0.614. The number of carbonyl (C=O) groups is 1. The normalized spacial score (nSPS) is 12.4. The number of ether oxygens (including phenoxy) is 1. The highest BCUT2D eigenvalue weighted by Gasteiger charge is 2.14. The van der Waals surface area contributed by atoms with Crippen molar-refractivity contribution in [2.45, 2.75) is 18.1 Å². The predicted molar refractivity (Wildman–Crippen MR) is 58.0 cm³/mol. The van der Waals surface area contributed by atoms with Crippen molar-refractivity contribution in [3.63, 3.8) is 0 Å². The van der Waals surface area contributed by atoms with E-state index in [0.717, 1.165) is 5.69 Å². The van der Waals surface area contributed by atoms with Gasteiger partial charge in [0, 0.05) is 11.1 Å². The van der Waals surface area contributed by atoms with Crippen LogP contribution >= 0.6 is 23.1 Å². The first-order valence-electron chi connectivity index (χ1n) is 4.15. The third-order valence-electron chi connectivity index (χ3n) is 1.41. The van der Waals surface area contributed by atoms with Gasteiger partial charge in [-0.25, -0.2) is 9.78 Å². The van der Waals surface area contributed by atoms with Gasteiger partial charge in [-0.1, -0.05) is 0 Å². The Balaban J connectivity index is 2.27. The Kier molecular flexibility index (Phi) is 4.92. The second kappa shape index (κ2) is 6.00. The van der Waals surface area contributed by atoms with E-state index in [1.54, 1.807) is 12.4 Å². The van der Waals surface area contributed by atoms with Crippen LogP contribution < -0.4 is 5.73 Å². The van der Waals surface area contributed by atoms with Crippen molar-refractivity contribution in [1.82, 2.24) is 4.98 Å². The molecule has 1 atom stereocenters. The van der Waals surface area contributed by atoms with Gasteiger partial charge in [0.2, 0.25) is 0 Å². The van der Waals surface area contributed by atoms with Crippen molar-refractivity contribution in [1.29, 1.82) is 0 Å². The monoisotopic (exact) mass is 232 g/mol. The molecule has 0 saturated carbocycles. The van der Waals surface area contributed by atoms with Gasteiger partial charge in [-0.3, -0.25) is 0 Å². The van der Waals surface area contributed by atoms with Crippen LogP contribution in [0, 0.1) is 0 Å². The molecule has 4 nitrogen and oxygen atoms in total. The van der Waals surface area contributed by atoms with Gasteiger partial charge in [-0.2, -0.15) is 0 Å². The second-order valence-corrected chi connectivity index (χ2v) is 4.31. The molecular formula is C8H12N2O2S2. The Morgan fingerprint density at radius 3 is 3.21 bits per heavy atom. The fourth-order valence-corrected chi connectivity index (χ4v) is 2.15. The van der Waals surface area contributed by atoms with Crippen LogP contribution in [0.5, 0.6) is 0 Å². The molecule has 0 radical (unpaired) electrons. The van der Waals surface area contributed by atoms with Crippen LogP contribution in [0.25, 0.3) is 0 Å². The van der Waals surface area contributed by atoms with E-state index in [4.69, 9.17) is 10.5 Å². The van der Waals surface area contributed by atoms with Gasteiger partial charge in [-0.05, 0) is 6.92 Å². The zero-order chi connectivity index (χ0) is 10.4. The molecule has 1 aromatic rings. The van der Waals surface area contributed by atoms with Crippen molar-refractivity contribution in [3.05, 3.63) is 16.6 Å². The van der Waals surface area contributed by atoms with Gasteiger partial charge in [0.1, 0.15) is 0 Å². The van der Waals surface area contributed by atoms with Crippen molar-refractivity contribution < 1.29 is 9.53 Å². The SMILES string of the molecule is CCOC(=O)C(N)SCc1cscn1. The third kappa shape index (κ3) is 3.65. The number of rotatable bonds is 5. The Hall–Kier alpha value is -0.590. The number of esters is 1. The number of thioether (sulfide) groups is 1. The van der Waals surface area contributed by atoms with Crippen LogP contribution in [0.3, 0.4) is 0 Å². The maximum absolute atomic E-state index is 11.1. The van der Waals surface area contributed by atoms with Crippen molar-refractivity contribution in [2.75, 3.05) is 6.61 Å². The van der Waals surface area contributed by atoms with Crippen LogP contribution in [-0.2, 0) is 15.3 Å². The van der Waals surface area contributed by atoms with E-state index in [2.05, 4.69) is 4.98 Å². The number of nitrogens with zero attached hydrogens (tertiary/aromatic N) is 1. The van der Waals surface area contributed by atoms with E-state index < -0.39 is 5.37 Å². The summed E-state index contributed by atoms with van der Waals surface area (Å²) in [5.41, 5.74) is 8.28. The molecule has 1 unspecified atom stereocenters. The van der Waals surface area contributed by atoms with Gasteiger partial charge >= 0.3 is 5.97 Å². The lowest BCUT2D eigenvalue weighted by atomic mass is 10.6. The molecule has 2 N–H and O–H groups in total. The summed E-state index contributed by atoms with van der Waals surface area (Å²) in [6.07, 6.45) is 0. The largest absolute Gasteiger partial charge is 0.464 e. The molecule has 0 bridgehead atoms. The molecule has 0 aromatic carbocycles. The van der Waals surface area contributed by atoms with E-state index in [9.17, 15) is 4.79 Å². The summed E-state index contributed by atoms with van der Waals surface area (Å²) >= 11 is 2.86. The highest BCUT2D eigenvalue weighted by atomic mass is 32.2. The first-order chi connectivity index (χ1) is 6.74. The molecule has 1 aromatic heterocycles. The fourth-order valence-electron chi connectivity index (χ4n) is 0.776. The summed E-state index contributed by atoms with van der Waals surface area (Å²) in [7, 11) is 0. The van der Waals surface area contributed by atoms with Crippen LogP contribution in [0.2, 0.25) is 0 Å². The van der Waals surface area contributed by atoms with Crippen LogP contribution in [0.15, 0.2) is 10.9 Å². The molecule has 0 fully saturated rings. The predicted octanol–water partition coefficient (Wildman–Crippen LogP) is 1.22. The quantitative estimate of drug-likeness (QED) is 0.611.